The van der Waals surface area contributed by atoms with Crippen molar-refractivity contribution in [2.24, 2.45) is 0 Å². The van der Waals surface area contributed by atoms with Crippen molar-refractivity contribution in [1.82, 2.24) is 0 Å². The maximum Gasteiger partial charge on any atom is 0.311 e. The number of ether oxygens (including phenoxy) is 3. The quantitative estimate of drug-likeness (QED) is 0.0559. The Balaban J connectivity index is 1.18. The minimum absolute atomic E-state index is 0.257. The summed E-state index contributed by atoms with van der Waals surface area (Å²) >= 11 is 0. The third kappa shape index (κ3) is 12.7. The molecule has 0 aliphatic heterocycles. The van der Waals surface area contributed by atoms with E-state index in [0.717, 1.165) is 31.2 Å². The van der Waals surface area contributed by atoms with Gasteiger partial charge in [0.15, 0.2) is 0 Å². The van der Waals surface area contributed by atoms with Crippen LogP contribution < -0.4 is 14.2 Å². The Morgan fingerprint density at radius 2 is 0.760 bits per heavy atom. The van der Waals surface area contributed by atoms with E-state index in [9.17, 15) is 14.4 Å². The molecule has 0 aliphatic carbocycles. The zero-order chi connectivity index (χ0) is 34.8. The Morgan fingerprint density at radius 3 is 1.16 bits per heavy atom. The van der Waals surface area contributed by atoms with Crippen molar-refractivity contribution in [1.29, 1.82) is 0 Å². The lowest BCUT2D eigenvalue weighted by molar-refractivity contribution is -0.135. The number of hydrogen-bond acceptors (Lipinski definition) is 6. The van der Waals surface area contributed by atoms with E-state index in [1.165, 1.54) is 16.7 Å². The Hall–Kier alpha value is -5.75. The summed E-state index contributed by atoms with van der Waals surface area (Å²) in [4.78, 5) is 37.9. The summed E-state index contributed by atoms with van der Waals surface area (Å²) < 4.78 is 16.9. The zero-order valence-corrected chi connectivity index (χ0v) is 28.2. The smallest absolute Gasteiger partial charge is 0.311 e. The largest absolute Gasteiger partial charge is 0.427 e. The molecular formula is C44H42O6. The summed E-state index contributed by atoms with van der Waals surface area (Å²) in [6, 6.07) is 42.4. The molecule has 5 rings (SSSR count). The van der Waals surface area contributed by atoms with Gasteiger partial charge in [0, 0.05) is 25.3 Å². The summed E-state index contributed by atoms with van der Waals surface area (Å²) in [5, 5.41) is 0. The normalized spacial score (nSPS) is 10.9. The highest BCUT2D eigenvalue weighted by molar-refractivity contribution is 5.77. The standard InChI is InChI=1S/C44H42O6/c45-42(22-10-19-34-13-4-1-5-14-34)48-39-29-27-37(28-30-39)25-26-38-31-40(49-43(46)23-11-20-35-15-6-2-7-16-35)33-41(32-38)50-44(47)24-12-21-36-17-8-3-9-18-36/h1-9,13-18,25-33H,10-12,19-24H2/b26-25+. The Bertz CT molecular complexity index is 1750. The van der Waals surface area contributed by atoms with Crippen molar-refractivity contribution in [3.8, 4) is 17.2 Å². The Kier molecular flexibility index (Phi) is 13.7. The molecule has 5 aromatic rings. The summed E-state index contributed by atoms with van der Waals surface area (Å²) in [5.74, 6) is 0.115. The van der Waals surface area contributed by atoms with Crippen LogP contribution in [0, 0.1) is 0 Å². The average Bonchev–Trinajstić information content (AvgIpc) is 3.12. The highest BCUT2D eigenvalue weighted by Gasteiger charge is 2.12. The highest BCUT2D eigenvalue weighted by atomic mass is 16.5. The molecule has 0 amide bonds. The van der Waals surface area contributed by atoms with Crippen molar-refractivity contribution in [2.45, 2.75) is 57.8 Å². The fourth-order valence-electron chi connectivity index (χ4n) is 5.44. The van der Waals surface area contributed by atoms with Crippen LogP contribution in [0.3, 0.4) is 0 Å². The second-order valence-electron chi connectivity index (χ2n) is 12.1. The molecular weight excluding hydrogens is 624 g/mol. The van der Waals surface area contributed by atoms with E-state index in [2.05, 4.69) is 12.1 Å². The van der Waals surface area contributed by atoms with Gasteiger partial charge in [-0.05, 0) is 90.6 Å². The van der Waals surface area contributed by atoms with Crippen LogP contribution in [0.15, 0.2) is 133 Å². The molecule has 0 aliphatic rings. The minimum atomic E-state index is -0.354. The average molecular weight is 667 g/mol. The first-order valence-corrected chi connectivity index (χ1v) is 17.2. The van der Waals surface area contributed by atoms with Crippen LogP contribution in [0.5, 0.6) is 17.2 Å². The number of carbonyl (C=O) groups is 3. The predicted molar refractivity (Wildman–Crippen MR) is 197 cm³/mol. The van der Waals surface area contributed by atoms with Gasteiger partial charge in [0.25, 0.3) is 0 Å². The number of esters is 3. The molecule has 254 valence electrons. The molecule has 5 aromatic carbocycles. The molecule has 6 heteroatoms. The van der Waals surface area contributed by atoms with Gasteiger partial charge in [0.05, 0.1) is 0 Å². The van der Waals surface area contributed by atoms with E-state index in [1.807, 2.05) is 103 Å². The van der Waals surface area contributed by atoms with Crippen LogP contribution in [-0.4, -0.2) is 17.9 Å². The molecule has 0 fully saturated rings. The van der Waals surface area contributed by atoms with Gasteiger partial charge < -0.3 is 14.2 Å². The van der Waals surface area contributed by atoms with E-state index in [4.69, 9.17) is 14.2 Å². The van der Waals surface area contributed by atoms with Crippen LogP contribution >= 0.6 is 0 Å². The highest BCUT2D eigenvalue weighted by Crippen LogP contribution is 2.26. The summed E-state index contributed by atoms with van der Waals surface area (Å²) in [5.41, 5.74) is 5.10. The number of hydrogen-bond donors (Lipinski definition) is 0. The van der Waals surface area contributed by atoms with Crippen molar-refractivity contribution < 1.29 is 28.6 Å². The fraction of sp³-hybridized carbons (Fsp3) is 0.205. The zero-order valence-electron chi connectivity index (χ0n) is 28.2. The van der Waals surface area contributed by atoms with Gasteiger partial charge in [0.2, 0.25) is 0 Å². The molecule has 0 unspecified atom stereocenters. The van der Waals surface area contributed by atoms with Crippen molar-refractivity contribution in [2.75, 3.05) is 0 Å². The van der Waals surface area contributed by atoms with E-state index >= 15 is 0 Å². The number of carbonyl (C=O) groups excluding carboxylic acids is 3. The lowest BCUT2D eigenvalue weighted by atomic mass is 10.1. The first-order chi connectivity index (χ1) is 24.5. The Labute approximate surface area is 294 Å². The van der Waals surface area contributed by atoms with Crippen molar-refractivity contribution >= 4 is 30.1 Å². The Morgan fingerprint density at radius 1 is 0.400 bits per heavy atom. The maximum atomic E-state index is 12.8. The van der Waals surface area contributed by atoms with Gasteiger partial charge >= 0.3 is 17.9 Å². The summed E-state index contributed by atoms with van der Waals surface area (Å²) in [6.07, 6.45) is 9.00. The van der Waals surface area contributed by atoms with Gasteiger partial charge in [-0.15, -0.1) is 0 Å². The molecule has 0 atom stereocenters. The van der Waals surface area contributed by atoms with E-state index in [-0.39, 0.29) is 30.7 Å². The van der Waals surface area contributed by atoms with Gasteiger partial charge in [-0.25, -0.2) is 0 Å². The molecule has 0 bridgehead atoms. The van der Waals surface area contributed by atoms with Crippen molar-refractivity contribution in [3.63, 3.8) is 0 Å². The van der Waals surface area contributed by atoms with E-state index in [1.54, 1.807) is 30.3 Å². The van der Waals surface area contributed by atoms with Gasteiger partial charge in [-0.2, -0.15) is 0 Å². The molecule has 0 saturated heterocycles. The molecule has 0 heterocycles. The van der Waals surface area contributed by atoms with Crippen LogP contribution in [0.4, 0.5) is 0 Å². The second kappa shape index (κ2) is 19.3. The summed E-state index contributed by atoms with van der Waals surface area (Å²) in [7, 11) is 0. The monoisotopic (exact) mass is 666 g/mol. The fourth-order valence-corrected chi connectivity index (χ4v) is 5.44. The lowest BCUT2D eigenvalue weighted by Crippen LogP contribution is -2.10. The van der Waals surface area contributed by atoms with Crippen molar-refractivity contribution in [3.05, 3.63) is 161 Å². The predicted octanol–water partition coefficient (Wildman–Crippen LogP) is 9.64. The molecule has 0 radical (unpaired) electrons. The van der Waals surface area contributed by atoms with Crippen LogP contribution in [0.2, 0.25) is 0 Å². The molecule has 6 nitrogen and oxygen atoms in total. The molecule has 0 N–H and O–H groups in total. The minimum Gasteiger partial charge on any atom is -0.427 e. The van der Waals surface area contributed by atoms with E-state index < -0.39 is 0 Å². The number of rotatable bonds is 17. The summed E-state index contributed by atoms with van der Waals surface area (Å²) in [6.45, 7) is 0. The van der Waals surface area contributed by atoms with Crippen LogP contribution in [0.25, 0.3) is 12.2 Å². The van der Waals surface area contributed by atoms with Crippen LogP contribution in [0.1, 0.15) is 66.3 Å². The lowest BCUT2D eigenvalue weighted by Gasteiger charge is -2.10. The molecule has 50 heavy (non-hydrogen) atoms. The van der Waals surface area contributed by atoms with Gasteiger partial charge in [-0.3, -0.25) is 14.4 Å². The third-order valence-corrected chi connectivity index (χ3v) is 8.01. The SMILES string of the molecule is O=C(CCCc1ccccc1)Oc1ccc(/C=C/c2cc(OC(=O)CCCc3ccccc3)cc(OC(=O)CCCc3ccccc3)c2)cc1. The van der Waals surface area contributed by atoms with Gasteiger partial charge in [-0.1, -0.05) is 115 Å². The molecule has 0 spiro atoms. The first kappa shape index (κ1) is 35.6. The van der Waals surface area contributed by atoms with Gasteiger partial charge in [0.1, 0.15) is 17.2 Å². The molecule has 0 saturated carbocycles. The number of benzene rings is 5. The first-order valence-electron chi connectivity index (χ1n) is 17.2. The maximum absolute atomic E-state index is 12.8. The topological polar surface area (TPSA) is 78.9 Å². The van der Waals surface area contributed by atoms with Crippen LogP contribution in [-0.2, 0) is 33.6 Å². The van der Waals surface area contributed by atoms with E-state index in [0.29, 0.717) is 42.1 Å². The third-order valence-electron chi connectivity index (χ3n) is 8.01. The molecule has 0 aromatic heterocycles. The second-order valence-corrected chi connectivity index (χ2v) is 12.1. The number of aryl methyl sites for hydroxylation is 3.